The molecule has 0 spiro atoms. The number of aliphatic hydroxyl groups excluding tert-OH is 1. The second-order valence-electron chi connectivity index (χ2n) is 3.72. The quantitative estimate of drug-likeness (QED) is 0.652. The fourth-order valence-electron chi connectivity index (χ4n) is 1.81. The molecule has 0 radical (unpaired) electrons. The van der Waals surface area contributed by atoms with Crippen molar-refractivity contribution >= 4 is 0 Å². The van der Waals surface area contributed by atoms with Crippen LogP contribution in [0.1, 0.15) is 45.4 Å². The van der Waals surface area contributed by atoms with Gasteiger partial charge in [0.15, 0.2) is 0 Å². The van der Waals surface area contributed by atoms with E-state index in [-0.39, 0.29) is 6.10 Å². The topological polar surface area (TPSA) is 40.5 Å². The first kappa shape index (κ1) is 9.01. The molecule has 2 atom stereocenters. The van der Waals surface area contributed by atoms with Crippen LogP contribution in [0.4, 0.5) is 0 Å². The second-order valence-corrected chi connectivity index (χ2v) is 3.72. The molecule has 0 unspecified atom stereocenters. The van der Waals surface area contributed by atoms with Gasteiger partial charge in [0.25, 0.3) is 0 Å². The van der Waals surface area contributed by atoms with Crippen molar-refractivity contribution in [3.63, 3.8) is 0 Å². The zero-order valence-corrected chi connectivity index (χ0v) is 7.21. The van der Waals surface area contributed by atoms with Crippen LogP contribution in [0.2, 0.25) is 0 Å². The van der Waals surface area contributed by atoms with E-state index < -0.39 is 5.60 Å². The van der Waals surface area contributed by atoms with Crippen LogP contribution in [0.5, 0.6) is 0 Å². The van der Waals surface area contributed by atoms with E-state index in [1.807, 2.05) is 0 Å². The normalized spacial score (nSPS) is 37.9. The number of hydrogen-bond acceptors (Lipinski definition) is 2. The molecular formula is C9H18O2. The van der Waals surface area contributed by atoms with E-state index in [0.717, 1.165) is 32.1 Å². The van der Waals surface area contributed by atoms with Crippen LogP contribution in [-0.2, 0) is 0 Å². The van der Waals surface area contributed by atoms with Gasteiger partial charge in [-0.2, -0.15) is 0 Å². The van der Waals surface area contributed by atoms with Gasteiger partial charge in [-0.3, -0.25) is 0 Å². The Morgan fingerprint density at radius 2 is 2.27 bits per heavy atom. The minimum Gasteiger partial charge on any atom is -0.393 e. The average molecular weight is 158 g/mol. The van der Waals surface area contributed by atoms with Gasteiger partial charge in [-0.25, -0.2) is 0 Å². The Morgan fingerprint density at radius 3 is 2.73 bits per heavy atom. The van der Waals surface area contributed by atoms with Crippen LogP contribution >= 0.6 is 0 Å². The Labute approximate surface area is 68.2 Å². The lowest BCUT2D eigenvalue weighted by Crippen LogP contribution is -2.25. The Hall–Kier alpha value is -0.0800. The molecule has 2 heteroatoms. The van der Waals surface area contributed by atoms with Gasteiger partial charge in [0.2, 0.25) is 0 Å². The number of unbranched alkanes of at least 4 members (excludes halogenated alkanes) is 1. The first-order valence-corrected chi connectivity index (χ1v) is 4.57. The van der Waals surface area contributed by atoms with Gasteiger partial charge in [0.1, 0.15) is 0 Å². The molecule has 0 saturated heterocycles. The largest absolute Gasteiger partial charge is 0.393 e. The van der Waals surface area contributed by atoms with E-state index in [4.69, 9.17) is 0 Å². The van der Waals surface area contributed by atoms with E-state index in [9.17, 15) is 10.2 Å². The SMILES string of the molecule is CCCC[C@@]1(O)CC[C@H](O)C1. The Kier molecular flexibility index (Phi) is 2.90. The maximum atomic E-state index is 9.83. The van der Waals surface area contributed by atoms with Crippen molar-refractivity contribution in [1.82, 2.24) is 0 Å². The third-order valence-electron chi connectivity index (χ3n) is 2.55. The zero-order valence-electron chi connectivity index (χ0n) is 7.21. The Bertz CT molecular complexity index is 125. The van der Waals surface area contributed by atoms with Crippen LogP contribution in [0.25, 0.3) is 0 Å². The van der Waals surface area contributed by atoms with Gasteiger partial charge in [0, 0.05) is 6.42 Å². The molecule has 66 valence electrons. The van der Waals surface area contributed by atoms with Crippen molar-refractivity contribution < 1.29 is 10.2 Å². The van der Waals surface area contributed by atoms with Crippen molar-refractivity contribution in [2.24, 2.45) is 0 Å². The lowest BCUT2D eigenvalue weighted by atomic mass is 9.95. The summed E-state index contributed by atoms with van der Waals surface area (Å²) < 4.78 is 0. The van der Waals surface area contributed by atoms with Crippen LogP contribution in [-0.4, -0.2) is 21.9 Å². The van der Waals surface area contributed by atoms with Gasteiger partial charge < -0.3 is 10.2 Å². The van der Waals surface area contributed by atoms with E-state index in [0.29, 0.717) is 6.42 Å². The highest BCUT2D eigenvalue weighted by Gasteiger charge is 2.35. The van der Waals surface area contributed by atoms with Crippen LogP contribution in [0.15, 0.2) is 0 Å². The molecule has 11 heavy (non-hydrogen) atoms. The molecule has 1 aliphatic rings. The lowest BCUT2D eigenvalue weighted by molar-refractivity contribution is 0.0226. The number of hydrogen-bond donors (Lipinski definition) is 2. The first-order chi connectivity index (χ1) is 5.16. The molecular weight excluding hydrogens is 140 g/mol. The first-order valence-electron chi connectivity index (χ1n) is 4.57. The van der Waals surface area contributed by atoms with Crippen LogP contribution in [0, 0.1) is 0 Å². The molecule has 0 aromatic heterocycles. The minimum absolute atomic E-state index is 0.253. The fraction of sp³-hybridized carbons (Fsp3) is 1.00. The lowest BCUT2D eigenvalue weighted by Gasteiger charge is -2.21. The Balaban J connectivity index is 2.29. The number of aliphatic hydroxyl groups is 2. The van der Waals surface area contributed by atoms with Crippen molar-refractivity contribution in [3.05, 3.63) is 0 Å². The summed E-state index contributed by atoms with van der Waals surface area (Å²) in [6.45, 7) is 2.12. The van der Waals surface area contributed by atoms with Crippen LogP contribution < -0.4 is 0 Å². The molecule has 2 nitrogen and oxygen atoms in total. The zero-order chi connectivity index (χ0) is 8.32. The van der Waals surface area contributed by atoms with Crippen molar-refractivity contribution in [1.29, 1.82) is 0 Å². The average Bonchev–Trinajstić information content (AvgIpc) is 2.28. The molecule has 0 heterocycles. The smallest absolute Gasteiger partial charge is 0.0673 e. The molecule has 0 aromatic carbocycles. The van der Waals surface area contributed by atoms with Crippen molar-refractivity contribution in [3.8, 4) is 0 Å². The Morgan fingerprint density at radius 1 is 1.55 bits per heavy atom. The van der Waals surface area contributed by atoms with Gasteiger partial charge in [-0.15, -0.1) is 0 Å². The summed E-state index contributed by atoms with van der Waals surface area (Å²) in [7, 11) is 0. The maximum Gasteiger partial charge on any atom is 0.0673 e. The second kappa shape index (κ2) is 3.55. The highest BCUT2D eigenvalue weighted by atomic mass is 16.3. The summed E-state index contributed by atoms with van der Waals surface area (Å²) in [6.07, 6.45) is 4.96. The van der Waals surface area contributed by atoms with Crippen molar-refractivity contribution in [2.75, 3.05) is 0 Å². The standard InChI is InChI=1S/C9H18O2/c1-2-3-5-9(11)6-4-8(10)7-9/h8,10-11H,2-7H2,1H3/t8-,9+/m0/s1. The van der Waals surface area contributed by atoms with E-state index in [2.05, 4.69) is 6.92 Å². The predicted molar refractivity (Wildman–Crippen MR) is 44.3 cm³/mol. The molecule has 1 fully saturated rings. The third-order valence-corrected chi connectivity index (χ3v) is 2.55. The number of rotatable bonds is 3. The van der Waals surface area contributed by atoms with Gasteiger partial charge >= 0.3 is 0 Å². The summed E-state index contributed by atoms with van der Waals surface area (Å²) in [5.41, 5.74) is -0.532. The van der Waals surface area contributed by atoms with E-state index in [1.165, 1.54) is 0 Å². The summed E-state index contributed by atoms with van der Waals surface area (Å²) >= 11 is 0. The summed E-state index contributed by atoms with van der Waals surface area (Å²) in [5, 5.41) is 19.0. The molecule has 2 N–H and O–H groups in total. The molecule has 1 aliphatic carbocycles. The van der Waals surface area contributed by atoms with E-state index in [1.54, 1.807) is 0 Å². The highest BCUT2D eigenvalue weighted by Crippen LogP contribution is 2.33. The monoisotopic (exact) mass is 158 g/mol. The summed E-state index contributed by atoms with van der Waals surface area (Å²) in [5.74, 6) is 0. The van der Waals surface area contributed by atoms with Gasteiger partial charge in [-0.1, -0.05) is 19.8 Å². The maximum absolute atomic E-state index is 9.83. The minimum atomic E-state index is -0.532. The summed E-state index contributed by atoms with van der Waals surface area (Å²) in [6, 6.07) is 0. The third kappa shape index (κ3) is 2.46. The van der Waals surface area contributed by atoms with Gasteiger partial charge in [-0.05, 0) is 19.3 Å². The highest BCUT2D eigenvalue weighted by molar-refractivity contribution is 4.88. The molecule has 1 rings (SSSR count). The molecule has 0 bridgehead atoms. The van der Waals surface area contributed by atoms with E-state index >= 15 is 0 Å². The molecule has 0 aliphatic heterocycles. The van der Waals surface area contributed by atoms with Crippen LogP contribution in [0.3, 0.4) is 0 Å². The molecule has 0 aromatic rings. The van der Waals surface area contributed by atoms with Crippen molar-refractivity contribution in [2.45, 2.75) is 57.2 Å². The fourth-order valence-corrected chi connectivity index (χ4v) is 1.81. The predicted octanol–water partition coefficient (Wildman–Crippen LogP) is 1.45. The molecule has 0 amide bonds. The summed E-state index contributed by atoms with van der Waals surface area (Å²) in [4.78, 5) is 0. The van der Waals surface area contributed by atoms with Gasteiger partial charge in [0.05, 0.1) is 11.7 Å². The molecule has 1 saturated carbocycles.